The molecule has 2 rings (SSSR count). The number of ether oxygens (including phenoxy) is 3. The summed E-state index contributed by atoms with van der Waals surface area (Å²) in [5.74, 6) is 1.89. The van der Waals surface area contributed by atoms with Gasteiger partial charge in [-0.3, -0.25) is 4.79 Å². The monoisotopic (exact) mass is 363 g/mol. The van der Waals surface area contributed by atoms with Gasteiger partial charge in [0.25, 0.3) is 0 Å². The number of hydrogen-bond donors (Lipinski definition) is 1. The van der Waals surface area contributed by atoms with Crippen molar-refractivity contribution < 1.29 is 19.0 Å². The lowest BCUT2D eigenvalue weighted by Crippen LogP contribution is -2.13. The fraction of sp³-hybridized carbons (Fsp3) is 0.316. The molecule has 5 nitrogen and oxygen atoms in total. The molecule has 0 aliphatic carbocycles. The Morgan fingerprint density at radius 3 is 2.44 bits per heavy atom. The topological polar surface area (TPSA) is 56.8 Å². The number of amides is 1. The Labute approximate surface area is 152 Å². The molecule has 0 spiro atoms. The van der Waals surface area contributed by atoms with E-state index in [4.69, 9.17) is 25.8 Å². The molecule has 25 heavy (non-hydrogen) atoms. The van der Waals surface area contributed by atoms with Gasteiger partial charge < -0.3 is 19.5 Å². The molecule has 2 aromatic rings. The molecule has 134 valence electrons. The lowest BCUT2D eigenvalue weighted by molar-refractivity contribution is -0.116. The number of hydrogen-bond acceptors (Lipinski definition) is 4. The van der Waals surface area contributed by atoms with E-state index in [0.717, 1.165) is 11.3 Å². The summed E-state index contributed by atoms with van der Waals surface area (Å²) in [5, 5.41) is 3.52. The fourth-order valence-electron chi connectivity index (χ4n) is 2.33. The minimum absolute atomic E-state index is 0.0800. The van der Waals surface area contributed by atoms with Crippen LogP contribution >= 0.6 is 11.6 Å². The molecule has 0 atom stereocenters. The highest BCUT2D eigenvalue weighted by atomic mass is 35.5. The third kappa shape index (κ3) is 5.57. The molecule has 0 radical (unpaired) electrons. The second-order valence-electron chi connectivity index (χ2n) is 5.48. The Kier molecular flexibility index (Phi) is 6.95. The molecule has 0 fully saturated rings. The average Bonchev–Trinajstić information content (AvgIpc) is 2.60. The van der Waals surface area contributed by atoms with Crippen molar-refractivity contribution in [2.45, 2.75) is 19.8 Å². The maximum Gasteiger partial charge on any atom is 0.224 e. The maximum absolute atomic E-state index is 12.0. The summed E-state index contributed by atoms with van der Waals surface area (Å²) in [6.45, 7) is 2.40. The summed E-state index contributed by atoms with van der Waals surface area (Å²) < 4.78 is 16.1. The molecular weight excluding hydrogens is 342 g/mol. The number of anilines is 1. The number of carbonyl (C=O) groups is 1. The lowest BCUT2D eigenvalue weighted by Gasteiger charge is -2.11. The van der Waals surface area contributed by atoms with Crippen LogP contribution in [0, 0.1) is 6.92 Å². The van der Waals surface area contributed by atoms with Crippen LogP contribution < -0.4 is 19.5 Å². The molecule has 0 aliphatic rings. The highest BCUT2D eigenvalue weighted by Gasteiger charge is 2.08. The van der Waals surface area contributed by atoms with Crippen molar-refractivity contribution >= 4 is 23.2 Å². The number of methoxy groups -OCH3 is 2. The number of benzene rings is 2. The summed E-state index contributed by atoms with van der Waals surface area (Å²) in [6, 6.07) is 10.7. The van der Waals surface area contributed by atoms with E-state index < -0.39 is 0 Å². The molecule has 0 unspecified atom stereocenters. The Hall–Kier alpha value is -2.40. The zero-order valence-electron chi connectivity index (χ0n) is 14.6. The number of nitrogens with one attached hydrogen (secondary N) is 1. The molecule has 0 aliphatic heterocycles. The van der Waals surface area contributed by atoms with Gasteiger partial charge >= 0.3 is 0 Å². The van der Waals surface area contributed by atoms with Gasteiger partial charge in [0, 0.05) is 23.2 Å². The summed E-state index contributed by atoms with van der Waals surface area (Å²) >= 11 is 5.91. The Bertz CT molecular complexity index is 733. The Morgan fingerprint density at radius 1 is 1.04 bits per heavy atom. The largest absolute Gasteiger partial charge is 0.493 e. The molecule has 0 saturated heterocycles. The van der Waals surface area contributed by atoms with E-state index in [1.54, 1.807) is 38.5 Å². The maximum atomic E-state index is 12.0. The van der Waals surface area contributed by atoms with Gasteiger partial charge in [0.05, 0.1) is 20.8 Å². The molecule has 0 heterocycles. The zero-order chi connectivity index (χ0) is 18.2. The van der Waals surface area contributed by atoms with Crippen molar-refractivity contribution in [2.75, 3.05) is 26.1 Å². The van der Waals surface area contributed by atoms with E-state index in [2.05, 4.69) is 5.32 Å². The summed E-state index contributed by atoms with van der Waals surface area (Å²) in [5.41, 5.74) is 1.64. The van der Waals surface area contributed by atoms with Crippen molar-refractivity contribution in [3.05, 3.63) is 47.0 Å². The van der Waals surface area contributed by atoms with Gasteiger partial charge in [-0.25, -0.2) is 0 Å². The van der Waals surface area contributed by atoms with Crippen molar-refractivity contribution in [3.8, 4) is 17.2 Å². The van der Waals surface area contributed by atoms with Crippen LogP contribution in [0.15, 0.2) is 36.4 Å². The van der Waals surface area contributed by atoms with Gasteiger partial charge in [0.15, 0.2) is 11.5 Å². The van der Waals surface area contributed by atoms with E-state index in [1.165, 1.54) is 0 Å². The summed E-state index contributed by atoms with van der Waals surface area (Å²) in [7, 11) is 3.12. The van der Waals surface area contributed by atoms with E-state index in [1.807, 2.05) is 19.1 Å². The van der Waals surface area contributed by atoms with Crippen LogP contribution in [-0.4, -0.2) is 26.7 Å². The van der Waals surface area contributed by atoms with Crippen molar-refractivity contribution in [2.24, 2.45) is 0 Å². The molecule has 0 aromatic heterocycles. The first-order valence-electron chi connectivity index (χ1n) is 7.94. The fourth-order valence-corrected chi connectivity index (χ4v) is 2.55. The SMILES string of the molecule is COc1ccc(NC(=O)CCCOc2ccc(Cl)cc2C)cc1OC. The molecule has 0 saturated carbocycles. The van der Waals surface area contributed by atoms with Gasteiger partial charge in [-0.1, -0.05) is 11.6 Å². The summed E-state index contributed by atoms with van der Waals surface area (Å²) in [6.07, 6.45) is 0.974. The summed E-state index contributed by atoms with van der Waals surface area (Å²) in [4.78, 5) is 12.0. The second kappa shape index (κ2) is 9.18. The first-order valence-corrected chi connectivity index (χ1v) is 8.32. The van der Waals surface area contributed by atoms with E-state index in [-0.39, 0.29) is 5.91 Å². The number of rotatable bonds is 8. The van der Waals surface area contributed by atoms with Gasteiger partial charge in [-0.2, -0.15) is 0 Å². The highest BCUT2D eigenvalue weighted by Crippen LogP contribution is 2.29. The normalized spacial score (nSPS) is 10.2. The molecule has 2 aromatic carbocycles. The van der Waals surface area contributed by atoms with Crippen LogP contribution in [-0.2, 0) is 4.79 Å². The molecule has 6 heteroatoms. The first kappa shape index (κ1) is 18.9. The van der Waals surface area contributed by atoms with Gasteiger partial charge in [0.2, 0.25) is 5.91 Å². The Balaban J connectivity index is 1.79. The third-order valence-corrected chi connectivity index (χ3v) is 3.85. The van der Waals surface area contributed by atoms with Crippen LogP contribution in [0.1, 0.15) is 18.4 Å². The predicted molar refractivity (Wildman–Crippen MR) is 99.1 cm³/mol. The highest BCUT2D eigenvalue weighted by molar-refractivity contribution is 6.30. The first-order chi connectivity index (χ1) is 12.0. The van der Waals surface area contributed by atoms with Crippen LogP contribution in [0.5, 0.6) is 17.2 Å². The predicted octanol–water partition coefficient (Wildman–Crippen LogP) is 4.46. The van der Waals surface area contributed by atoms with Crippen LogP contribution in [0.4, 0.5) is 5.69 Å². The van der Waals surface area contributed by atoms with Crippen molar-refractivity contribution in [1.29, 1.82) is 0 Å². The smallest absolute Gasteiger partial charge is 0.224 e. The van der Waals surface area contributed by atoms with E-state index in [0.29, 0.717) is 41.7 Å². The lowest BCUT2D eigenvalue weighted by atomic mass is 10.2. The van der Waals surface area contributed by atoms with Crippen molar-refractivity contribution in [3.63, 3.8) is 0 Å². The molecule has 0 bridgehead atoms. The number of carbonyl (C=O) groups excluding carboxylic acids is 1. The van der Waals surface area contributed by atoms with E-state index in [9.17, 15) is 4.79 Å². The molecular formula is C19H22ClNO4. The van der Waals surface area contributed by atoms with Gasteiger partial charge in [-0.05, 0) is 49.2 Å². The number of halogens is 1. The van der Waals surface area contributed by atoms with Crippen molar-refractivity contribution in [1.82, 2.24) is 0 Å². The quantitative estimate of drug-likeness (QED) is 0.703. The molecule has 1 N–H and O–H groups in total. The van der Waals surface area contributed by atoms with Crippen LogP contribution in [0.25, 0.3) is 0 Å². The number of aryl methyl sites for hydroxylation is 1. The zero-order valence-corrected chi connectivity index (χ0v) is 15.4. The average molecular weight is 364 g/mol. The standard InChI is InChI=1S/C19H22ClNO4/c1-13-11-14(20)6-8-16(13)25-10-4-5-19(22)21-15-7-9-17(23-2)18(12-15)24-3/h6-9,11-12H,4-5,10H2,1-3H3,(H,21,22). The second-order valence-corrected chi connectivity index (χ2v) is 5.92. The molecule has 1 amide bonds. The van der Waals surface area contributed by atoms with E-state index >= 15 is 0 Å². The van der Waals surface area contributed by atoms with Gasteiger partial charge in [-0.15, -0.1) is 0 Å². The van der Waals surface area contributed by atoms with Crippen LogP contribution in [0.3, 0.4) is 0 Å². The Morgan fingerprint density at radius 2 is 1.76 bits per heavy atom. The van der Waals surface area contributed by atoms with Gasteiger partial charge in [0.1, 0.15) is 5.75 Å². The minimum Gasteiger partial charge on any atom is -0.493 e. The third-order valence-electron chi connectivity index (χ3n) is 3.61. The minimum atomic E-state index is -0.0800. The van der Waals surface area contributed by atoms with Crippen LogP contribution in [0.2, 0.25) is 5.02 Å².